The van der Waals surface area contributed by atoms with Gasteiger partial charge in [-0.05, 0) is 108 Å². The lowest BCUT2D eigenvalue weighted by Gasteiger charge is -2.47. The van der Waals surface area contributed by atoms with Gasteiger partial charge in [0.05, 0.1) is 18.3 Å². The van der Waals surface area contributed by atoms with Crippen LogP contribution in [0.15, 0.2) is 36.0 Å². The van der Waals surface area contributed by atoms with Crippen LogP contribution in [-0.2, 0) is 38.1 Å². The molecule has 2 saturated heterocycles. The largest absolute Gasteiger partial charge is 0.456 e. The number of carbonyl (C=O) groups is 4. The van der Waals surface area contributed by atoms with Crippen molar-refractivity contribution in [1.29, 1.82) is 0 Å². The summed E-state index contributed by atoms with van der Waals surface area (Å²) in [5.41, 5.74) is 1.70. The highest BCUT2D eigenvalue weighted by molar-refractivity contribution is 6.39. The number of allylic oxidation sites excluding steroid dienone is 4. The van der Waals surface area contributed by atoms with E-state index in [1.54, 1.807) is 19.9 Å². The number of cyclic esters (lactones) is 1. The topological polar surface area (TPSA) is 169 Å². The number of ketones is 2. The average Bonchev–Trinajstić information content (AvgIpc) is 3.18. The third-order valence-electron chi connectivity index (χ3n) is 12.9. The molecule has 12 heteroatoms. The Morgan fingerprint density at radius 3 is 2.29 bits per heavy atom. The molecule has 1 aliphatic carbocycles. The maximum atomic E-state index is 14.3. The van der Waals surface area contributed by atoms with Crippen LogP contribution in [0.5, 0.6) is 0 Å². The lowest BCUT2D eigenvalue weighted by molar-refractivity contribution is -0.302. The van der Waals surface area contributed by atoms with E-state index < -0.39 is 77.8 Å². The quantitative estimate of drug-likeness (QED) is 0.175. The molecule has 0 aromatic rings. The molecule has 316 valence electrons. The van der Waals surface area contributed by atoms with Crippen molar-refractivity contribution in [3.05, 3.63) is 36.0 Å². The van der Waals surface area contributed by atoms with Gasteiger partial charge in [0.25, 0.3) is 11.7 Å². The number of Topliss-reactive ketones (excluding diaryl/α,β-unsaturated/α-hetero) is 2. The predicted octanol–water partition coefficient (Wildman–Crippen LogP) is 5.26. The monoisotopic (exact) mass is 787 g/mol. The van der Waals surface area contributed by atoms with Gasteiger partial charge in [0.1, 0.15) is 24.0 Å². The van der Waals surface area contributed by atoms with Gasteiger partial charge < -0.3 is 39.2 Å². The maximum Gasteiger partial charge on any atom is 0.329 e. The van der Waals surface area contributed by atoms with E-state index in [0.29, 0.717) is 32.1 Å². The summed E-state index contributed by atoms with van der Waals surface area (Å²) in [5, 5.41) is 33.4. The summed E-state index contributed by atoms with van der Waals surface area (Å²) in [6.07, 6.45) is 7.98. The van der Waals surface area contributed by atoms with E-state index in [2.05, 4.69) is 12.7 Å². The molecule has 4 rings (SSSR count). The molecule has 3 aliphatic heterocycles. The Morgan fingerprint density at radius 2 is 1.66 bits per heavy atom. The number of rotatable bonds is 7. The number of piperidine rings is 1. The molecule has 1 amide bonds. The molecule has 0 spiro atoms. The summed E-state index contributed by atoms with van der Waals surface area (Å²) < 4.78 is 24.2. The molecule has 3 N–H and O–H groups in total. The third-order valence-corrected chi connectivity index (χ3v) is 12.9. The Morgan fingerprint density at radius 1 is 1.00 bits per heavy atom. The molecular weight excluding hydrogens is 718 g/mol. The van der Waals surface area contributed by atoms with E-state index in [1.165, 1.54) is 19.1 Å². The van der Waals surface area contributed by atoms with Gasteiger partial charge in [-0.1, -0.05) is 44.6 Å². The minimum Gasteiger partial charge on any atom is -0.456 e. The van der Waals surface area contributed by atoms with Crippen molar-refractivity contribution in [2.45, 2.75) is 154 Å². The van der Waals surface area contributed by atoms with Gasteiger partial charge in [-0.15, -0.1) is 6.58 Å². The predicted molar refractivity (Wildman–Crippen MR) is 211 cm³/mol. The van der Waals surface area contributed by atoms with Gasteiger partial charge in [-0.3, -0.25) is 14.4 Å². The van der Waals surface area contributed by atoms with Crippen molar-refractivity contribution in [1.82, 2.24) is 4.90 Å². The van der Waals surface area contributed by atoms with Crippen molar-refractivity contribution in [2.24, 2.45) is 35.5 Å². The van der Waals surface area contributed by atoms with Crippen molar-refractivity contribution in [3.63, 3.8) is 0 Å². The summed E-state index contributed by atoms with van der Waals surface area (Å²) in [6, 6.07) is -1.11. The van der Waals surface area contributed by atoms with Gasteiger partial charge >= 0.3 is 5.97 Å². The van der Waals surface area contributed by atoms with Crippen molar-refractivity contribution < 1.29 is 53.4 Å². The Hall–Kier alpha value is -2.74. The van der Waals surface area contributed by atoms with E-state index >= 15 is 0 Å². The lowest BCUT2D eigenvalue weighted by atomic mass is 9.80. The number of carbonyl (C=O) groups excluding carboxylic acids is 4. The van der Waals surface area contributed by atoms with Crippen LogP contribution in [0.25, 0.3) is 0 Å². The molecule has 0 radical (unpaired) electrons. The molecule has 3 fully saturated rings. The summed E-state index contributed by atoms with van der Waals surface area (Å²) in [4.78, 5) is 57.7. The zero-order valence-electron chi connectivity index (χ0n) is 34.8. The second-order valence-corrected chi connectivity index (χ2v) is 17.3. The number of esters is 1. The first kappa shape index (κ1) is 46.0. The molecular formula is C44H69NO11. The van der Waals surface area contributed by atoms with Crippen LogP contribution in [-0.4, -0.2) is 113 Å². The number of fused-ring (bicyclic) bond motifs is 3. The minimum atomic E-state index is -2.49. The highest BCUT2D eigenvalue weighted by Crippen LogP contribution is 2.39. The summed E-state index contributed by atoms with van der Waals surface area (Å²) >= 11 is 0. The van der Waals surface area contributed by atoms with Gasteiger partial charge in [0.15, 0.2) is 0 Å². The van der Waals surface area contributed by atoms with Gasteiger partial charge in [-0.2, -0.15) is 0 Å². The van der Waals surface area contributed by atoms with E-state index in [1.807, 2.05) is 26.8 Å². The molecule has 56 heavy (non-hydrogen) atoms. The fourth-order valence-corrected chi connectivity index (χ4v) is 9.41. The molecule has 3 heterocycles. The van der Waals surface area contributed by atoms with Gasteiger partial charge in [0.2, 0.25) is 5.79 Å². The van der Waals surface area contributed by atoms with Crippen LogP contribution in [0.3, 0.4) is 0 Å². The molecule has 4 aliphatic rings. The maximum absolute atomic E-state index is 14.3. The summed E-state index contributed by atoms with van der Waals surface area (Å²) in [5.74, 6) is -7.11. The number of hydrogen-bond acceptors (Lipinski definition) is 11. The van der Waals surface area contributed by atoms with E-state index in [4.69, 9.17) is 18.9 Å². The molecule has 12 nitrogen and oxygen atoms in total. The average molecular weight is 788 g/mol. The van der Waals surface area contributed by atoms with Crippen molar-refractivity contribution in [2.75, 3.05) is 27.4 Å². The van der Waals surface area contributed by atoms with Crippen LogP contribution in [0.1, 0.15) is 112 Å². The molecule has 11 atom stereocenters. The van der Waals surface area contributed by atoms with Crippen LogP contribution >= 0.6 is 0 Å². The lowest BCUT2D eigenvalue weighted by Crippen LogP contribution is -2.64. The SMILES string of the molecule is C=CC[C@@H]1/C=C(\C)C[C@H](C)C[C@H](OC)[C@H]2O[C@@](O)(C(=O)C(=O)N3CCCC[C@H]3C(=O)O[C@H](/C(C)=C/C3CCC(CO)CC3)[C@H](C)[C@@H](O)CC1=O)[C@H](C)C[C@@H]2OC. The number of methoxy groups -OCH3 is 2. The zero-order chi connectivity index (χ0) is 41.3. The fourth-order valence-electron chi connectivity index (χ4n) is 9.41. The smallest absolute Gasteiger partial charge is 0.329 e. The molecule has 0 aromatic heterocycles. The number of hydrogen-bond donors (Lipinski definition) is 3. The highest BCUT2D eigenvalue weighted by atomic mass is 16.7. The number of amides is 1. The van der Waals surface area contributed by atoms with Crippen LogP contribution in [0, 0.1) is 35.5 Å². The molecule has 0 unspecified atom stereocenters. The number of aliphatic hydroxyl groups excluding tert-OH is 2. The molecule has 0 aromatic carbocycles. The summed E-state index contributed by atoms with van der Waals surface area (Å²) in [7, 11) is 3.06. The highest BCUT2D eigenvalue weighted by Gasteiger charge is 2.56. The fraction of sp³-hybridized carbons (Fsp3) is 0.773. The molecule has 1 saturated carbocycles. The third kappa shape index (κ3) is 11.0. The van der Waals surface area contributed by atoms with E-state index in [9.17, 15) is 34.5 Å². The molecule has 2 bridgehead atoms. The Balaban J connectivity index is 1.76. The second kappa shape index (κ2) is 20.8. The summed E-state index contributed by atoms with van der Waals surface area (Å²) in [6.45, 7) is 13.4. The first-order valence-corrected chi connectivity index (χ1v) is 20.9. The van der Waals surface area contributed by atoms with E-state index in [-0.39, 0.29) is 56.0 Å². The van der Waals surface area contributed by atoms with Gasteiger partial charge in [0, 0.05) is 51.5 Å². The number of aliphatic hydroxyl groups is 3. The van der Waals surface area contributed by atoms with E-state index in [0.717, 1.165) is 36.8 Å². The standard InChI is InChI=1S/C44H69NO11/c1-9-12-33-20-26(2)19-27(3)21-37(53-7)40-38(54-8)23-29(5)44(52,56-40)41(49)42(50)45-18-11-10-13-34(45)43(51)55-39(30(6)35(47)24-36(33)48)28(4)22-31-14-16-32(25-46)17-15-31/h9,20,22,27,29-35,37-40,46-47,52H,1,10-19,21,23-25H2,2-8H3/b26-20+,28-22+/t27-,29+,30+,31?,32?,33+,34-,35-,37-,38-,39+,40+,44+/m0/s1. The number of nitrogens with zero attached hydrogens (tertiary/aromatic N) is 1. The Bertz CT molecular complexity index is 1440. The van der Waals surface area contributed by atoms with Crippen LogP contribution in [0.2, 0.25) is 0 Å². The van der Waals surface area contributed by atoms with Crippen LogP contribution < -0.4 is 0 Å². The first-order chi connectivity index (χ1) is 26.6. The van der Waals surface area contributed by atoms with Crippen molar-refractivity contribution in [3.8, 4) is 0 Å². The Kier molecular flexibility index (Phi) is 17.1. The van der Waals surface area contributed by atoms with Crippen LogP contribution in [0.4, 0.5) is 0 Å². The van der Waals surface area contributed by atoms with Gasteiger partial charge in [-0.25, -0.2) is 4.79 Å². The minimum absolute atomic E-state index is 0.0211. The first-order valence-electron chi connectivity index (χ1n) is 20.9. The normalized spacial score (nSPS) is 40.1. The number of ether oxygens (including phenoxy) is 4. The van der Waals surface area contributed by atoms with Crippen molar-refractivity contribution >= 4 is 23.4 Å². The zero-order valence-corrected chi connectivity index (χ0v) is 34.8. The Labute approximate surface area is 334 Å². The second-order valence-electron chi connectivity index (χ2n) is 17.3.